The number of aromatic nitrogens is 2. The number of carbonyl (C=O) groups excluding carboxylic acids is 1. The summed E-state index contributed by atoms with van der Waals surface area (Å²) >= 11 is 0. The maximum absolute atomic E-state index is 11.2. The highest BCUT2D eigenvalue weighted by molar-refractivity contribution is 5.94. The van der Waals surface area contributed by atoms with Crippen LogP contribution in [0.1, 0.15) is 23.2 Å². The first kappa shape index (κ1) is 15.7. The largest absolute Gasteiger partial charge is 0.497 e. The van der Waals surface area contributed by atoms with Gasteiger partial charge in [-0.05, 0) is 43.3 Å². The summed E-state index contributed by atoms with van der Waals surface area (Å²) in [6.07, 6.45) is 0. The molecule has 2 aromatic carbocycles. The van der Waals surface area contributed by atoms with Gasteiger partial charge in [0.05, 0.1) is 7.11 Å². The summed E-state index contributed by atoms with van der Waals surface area (Å²) in [6.45, 7) is 1.67. The smallest absolute Gasteiger partial charge is 0.264 e. The number of benzene rings is 2. The van der Waals surface area contributed by atoms with Crippen molar-refractivity contribution in [1.29, 1.82) is 0 Å². The molecule has 1 aromatic heterocycles. The van der Waals surface area contributed by atoms with Crippen molar-refractivity contribution in [3.05, 3.63) is 60.0 Å². The van der Waals surface area contributed by atoms with Gasteiger partial charge < -0.3 is 14.0 Å². The molecule has 3 aromatic rings. The number of carbonyl (C=O) groups is 1. The van der Waals surface area contributed by atoms with Gasteiger partial charge in [-0.1, -0.05) is 17.3 Å². The first-order valence-corrected chi connectivity index (χ1v) is 7.36. The van der Waals surface area contributed by atoms with E-state index in [4.69, 9.17) is 14.0 Å². The van der Waals surface area contributed by atoms with Crippen LogP contribution >= 0.6 is 0 Å². The third-order valence-corrected chi connectivity index (χ3v) is 3.42. The molecular weight excluding hydrogens is 308 g/mol. The molecule has 0 unspecified atom stereocenters. The summed E-state index contributed by atoms with van der Waals surface area (Å²) in [7, 11) is 1.60. The van der Waals surface area contributed by atoms with Crippen molar-refractivity contribution in [1.82, 2.24) is 10.1 Å². The third-order valence-electron chi connectivity index (χ3n) is 3.42. The van der Waals surface area contributed by atoms with E-state index < -0.39 is 0 Å². The minimum atomic E-state index is 0.0152. The molecule has 6 heteroatoms. The molecule has 0 spiro atoms. The van der Waals surface area contributed by atoms with Gasteiger partial charge >= 0.3 is 0 Å². The fourth-order valence-electron chi connectivity index (χ4n) is 2.12. The lowest BCUT2D eigenvalue weighted by molar-refractivity contribution is 0.101. The van der Waals surface area contributed by atoms with E-state index in [1.807, 2.05) is 24.3 Å². The first-order chi connectivity index (χ1) is 11.7. The second kappa shape index (κ2) is 6.95. The van der Waals surface area contributed by atoms with E-state index in [0.717, 1.165) is 11.3 Å². The Morgan fingerprint density at radius 2 is 1.92 bits per heavy atom. The van der Waals surface area contributed by atoms with E-state index in [1.165, 1.54) is 6.92 Å². The zero-order chi connectivity index (χ0) is 16.9. The molecule has 1 heterocycles. The summed E-state index contributed by atoms with van der Waals surface area (Å²) in [4.78, 5) is 15.5. The van der Waals surface area contributed by atoms with Crippen molar-refractivity contribution >= 4 is 5.78 Å². The van der Waals surface area contributed by atoms with Crippen LogP contribution in [0.15, 0.2) is 53.1 Å². The van der Waals surface area contributed by atoms with Gasteiger partial charge in [0.1, 0.15) is 11.5 Å². The molecule has 0 saturated heterocycles. The lowest BCUT2D eigenvalue weighted by Gasteiger charge is -2.03. The number of ether oxygens (including phenoxy) is 2. The minimum absolute atomic E-state index is 0.0152. The number of methoxy groups -OCH3 is 1. The van der Waals surface area contributed by atoms with Crippen molar-refractivity contribution in [2.75, 3.05) is 7.11 Å². The van der Waals surface area contributed by atoms with Crippen molar-refractivity contribution in [2.45, 2.75) is 13.5 Å². The Hall–Kier alpha value is -3.15. The molecule has 0 aliphatic heterocycles. The predicted octanol–water partition coefficient (Wildman–Crippen LogP) is 3.53. The topological polar surface area (TPSA) is 74.5 Å². The van der Waals surface area contributed by atoms with E-state index >= 15 is 0 Å². The van der Waals surface area contributed by atoms with Crippen LogP contribution in [0, 0.1) is 0 Å². The van der Waals surface area contributed by atoms with Crippen LogP contribution in [-0.4, -0.2) is 23.0 Å². The van der Waals surface area contributed by atoms with Crippen LogP contribution in [0.25, 0.3) is 11.4 Å². The summed E-state index contributed by atoms with van der Waals surface area (Å²) in [5.74, 6) is 2.20. The Morgan fingerprint density at radius 3 is 2.62 bits per heavy atom. The summed E-state index contributed by atoms with van der Waals surface area (Å²) in [5, 5.41) is 3.95. The number of rotatable bonds is 6. The second-order valence-electron chi connectivity index (χ2n) is 5.11. The molecule has 0 saturated carbocycles. The Labute approximate surface area is 139 Å². The van der Waals surface area contributed by atoms with Crippen LogP contribution < -0.4 is 9.47 Å². The van der Waals surface area contributed by atoms with Crippen LogP contribution in [0.2, 0.25) is 0 Å². The second-order valence-corrected chi connectivity index (χ2v) is 5.11. The number of hydrogen-bond acceptors (Lipinski definition) is 6. The summed E-state index contributed by atoms with van der Waals surface area (Å²) < 4.78 is 16.0. The number of Topliss-reactive ketones (excluding diaryl/α,β-unsaturated/α-hetero) is 1. The maximum atomic E-state index is 11.2. The fourth-order valence-corrected chi connectivity index (χ4v) is 2.12. The first-order valence-electron chi connectivity index (χ1n) is 7.36. The monoisotopic (exact) mass is 324 g/mol. The molecule has 0 aliphatic rings. The van der Waals surface area contributed by atoms with Crippen LogP contribution in [-0.2, 0) is 6.61 Å². The van der Waals surface area contributed by atoms with Crippen LogP contribution in [0.5, 0.6) is 11.5 Å². The van der Waals surface area contributed by atoms with Gasteiger partial charge in [-0.2, -0.15) is 4.98 Å². The molecule has 3 rings (SSSR count). The lowest BCUT2D eigenvalue weighted by atomic mass is 10.1. The lowest BCUT2D eigenvalue weighted by Crippen LogP contribution is -1.97. The van der Waals surface area contributed by atoms with Gasteiger partial charge in [-0.3, -0.25) is 4.79 Å². The Morgan fingerprint density at radius 1 is 1.12 bits per heavy atom. The van der Waals surface area contributed by atoms with Crippen molar-refractivity contribution < 1.29 is 18.8 Å². The molecule has 0 bridgehead atoms. The van der Waals surface area contributed by atoms with Crippen LogP contribution in [0.4, 0.5) is 0 Å². The van der Waals surface area contributed by atoms with Gasteiger partial charge in [-0.15, -0.1) is 0 Å². The van der Waals surface area contributed by atoms with Crippen molar-refractivity contribution in [3.8, 4) is 22.9 Å². The minimum Gasteiger partial charge on any atom is -0.497 e. The van der Waals surface area contributed by atoms with Gasteiger partial charge in [-0.25, -0.2) is 0 Å². The van der Waals surface area contributed by atoms with E-state index in [-0.39, 0.29) is 12.4 Å². The van der Waals surface area contributed by atoms with E-state index in [1.54, 1.807) is 31.4 Å². The average Bonchev–Trinajstić information content (AvgIpc) is 3.09. The van der Waals surface area contributed by atoms with Crippen molar-refractivity contribution in [2.24, 2.45) is 0 Å². The van der Waals surface area contributed by atoms with Gasteiger partial charge in [0, 0.05) is 11.1 Å². The molecule has 24 heavy (non-hydrogen) atoms. The standard InChI is InChI=1S/C18H16N2O4/c1-12(21)13-6-8-15(9-7-13)23-11-17-19-18(20-24-17)14-4-3-5-16(10-14)22-2/h3-10H,11H2,1-2H3. The maximum Gasteiger partial charge on any atom is 0.264 e. The van der Waals surface area contributed by atoms with E-state index in [2.05, 4.69) is 10.1 Å². The molecular formula is C18H16N2O4. The zero-order valence-electron chi connectivity index (χ0n) is 13.4. The molecule has 0 aliphatic carbocycles. The summed E-state index contributed by atoms with van der Waals surface area (Å²) in [6, 6.07) is 14.3. The Balaban J connectivity index is 1.66. The average molecular weight is 324 g/mol. The zero-order valence-corrected chi connectivity index (χ0v) is 13.4. The highest BCUT2D eigenvalue weighted by atomic mass is 16.5. The number of nitrogens with zero attached hydrogens (tertiary/aromatic N) is 2. The summed E-state index contributed by atoms with van der Waals surface area (Å²) in [5.41, 5.74) is 1.44. The molecule has 0 N–H and O–H groups in total. The molecule has 0 fully saturated rings. The van der Waals surface area contributed by atoms with Gasteiger partial charge in [0.2, 0.25) is 5.82 Å². The molecule has 0 radical (unpaired) electrons. The van der Waals surface area contributed by atoms with Gasteiger partial charge in [0.15, 0.2) is 12.4 Å². The van der Waals surface area contributed by atoms with E-state index in [0.29, 0.717) is 23.0 Å². The predicted molar refractivity (Wildman–Crippen MR) is 87.1 cm³/mol. The Kier molecular flexibility index (Phi) is 4.56. The highest BCUT2D eigenvalue weighted by Crippen LogP contribution is 2.21. The molecule has 6 nitrogen and oxygen atoms in total. The molecule has 0 atom stereocenters. The van der Waals surface area contributed by atoms with E-state index in [9.17, 15) is 4.79 Å². The molecule has 122 valence electrons. The van der Waals surface area contributed by atoms with Crippen molar-refractivity contribution in [3.63, 3.8) is 0 Å². The molecule has 0 amide bonds. The fraction of sp³-hybridized carbons (Fsp3) is 0.167. The Bertz CT molecular complexity index is 840. The van der Waals surface area contributed by atoms with Crippen LogP contribution in [0.3, 0.4) is 0 Å². The SMILES string of the molecule is COc1cccc(-c2noc(COc3ccc(C(C)=O)cc3)n2)c1. The number of hydrogen-bond donors (Lipinski definition) is 0. The normalized spacial score (nSPS) is 10.4. The van der Waals surface area contributed by atoms with Gasteiger partial charge in [0.25, 0.3) is 5.89 Å². The highest BCUT2D eigenvalue weighted by Gasteiger charge is 2.10. The quantitative estimate of drug-likeness (QED) is 0.646. The number of ketones is 1. The third kappa shape index (κ3) is 3.60.